The molecule has 0 fully saturated rings. The second-order valence-electron chi connectivity index (χ2n) is 4.51. The summed E-state index contributed by atoms with van der Waals surface area (Å²) in [6, 6.07) is 13.3. The molecule has 0 saturated heterocycles. The molecular formula is C15H12BrN3O. The van der Waals surface area contributed by atoms with Crippen LogP contribution in [0.4, 0.5) is 5.69 Å². The van der Waals surface area contributed by atoms with Gasteiger partial charge in [0.2, 0.25) is 5.82 Å². The van der Waals surface area contributed by atoms with Crippen molar-refractivity contribution in [1.29, 1.82) is 0 Å². The van der Waals surface area contributed by atoms with Gasteiger partial charge in [-0.3, -0.25) is 0 Å². The summed E-state index contributed by atoms with van der Waals surface area (Å²) in [6.45, 7) is 2.03. The summed E-state index contributed by atoms with van der Waals surface area (Å²) in [4.78, 5) is 4.41. The Balaban J connectivity index is 1.99. The van der Waals surface area contributed by atoms with Crippen molar-refractivity contribution in [2.24, 2.45) is 0 Å². The van der Waals surface area contributed by atoms with Crippen LogP contribution < -0.4 is 5.73 Å². The lowest BCUT2D eigenvalue weighted by Crippen LogP contribution is -1.86. The van der Waals surface area contributed by atoms with Crippen LogP contribution in [0, 0.1) is 6.92 Å². The zero-order chi connectivity index (χ0) is 14.1. The number of aryl methyl sites for hydroxylation is 1. The lowest BCUT2D eigenvalue weighted by Gasteiger charge is -1.99. The third kappa shape index (κ3) is 2.44. The van der Waals surface area contributed by atoms with Crippen molar-refractivity contribution in [2.45, 2.75) is 6.92 Å². The lowest BCUT2D eigenvalue weighted by atomic mass is 10.1. The Bertz CT molecular complexity index is 767. The fourth-order valence-corrected chi connectivity index (χ4v) is 2.24. The number of rotatable bonds is 2. The van der Waals surface area contributed by atoms with Gasteiger partial charge in [0.1, 0.15) is 0 Å². The highest BCUT2D eigenvalue weighted by Gasteiger charge is 2.11. The topological polar surface area (TPSA) is 64.9 Å². The average molecular weight is 330 g/mol. The van der Waals surface area contributed by atoms with Crippen molar-refractivity contribution in [3.8, 4) is 22.8 Å². The molecule has 2 aromatic carbocycles. The molecule has 2 N–H and O–H groups in total. The van der Waals surface area contributed by atoms with Crippen molar-refractivity contribution >= 4 is 21.6 Å². The van der Waals surface area contributed by atoms with Crippen LogP contribution in [0.5, 0.6) is 0 Å². The van der Waals surface area contributed by atoms with E-state index in [9.17, 15) is 0 Å². The molecule has 0 unspecified atom stereocenters. The molecule has 4 nitrogen and oxygen atoms in total. The highest BCUT2D eigenvalue weighted by atomic mass is 79.9. The third-order valence-corrected chi connectivity index (χ3v) is 3.84. The Morgan fingerprint density at radius 1 is 1.10 bits per heavy atom. The van der Waals surface area contributed by atoms with Gasteiger partial charge in [-0.2, -0.15) is 4.98 Å². The lowest BCUT2D eigenvalue weighted by molar-refractivity contribution is 0.432. The number of hydrogen-bond acceptors (Lipinski definition) is 4. The van der Waals surface area contributed by atoms with Crippen molar-refractivity contribution in [3.63, 3.8) is 0 Å². The van der Waals surface area contributed by atoms with Crippen molar-refractivity contribution in [3.05, 3.63) is 52.5 Å². The van der Waals surface area contributed by atoms with E-state index in [2.05, 4.69) is 26.1 Å². The number of halogens is 1. The average Bonchev–Trinajstić information content (AvgIpc) is 2.92. The highest BCUT2D eigenvalue weighted by Crippen LogP contribution is 2.26. The summed E-state index contributed by atoms with van der Waals surface area (Å²) in [6.07, 6.45) is 0. The molecule has 1 aromatic heterocycles. The molecule has 0 aliphatic heterocycles. The molecule has 1 heterocycles. The molecule has 0 aliphatic rings. The number of hydrogen-bond donors (Lipinski definition) is 1. The molecular weight excluding hydrogens is 318 g/mol. The molecule has 0 amide bonds. The first-order chi connectivity index (χ1) is 9.63. The number of nitrogens with two attached hydrogens (primary N) is 1. The van der Waals surface area contributed by atoms with E-state index in [4.69, 9.17) is 10.3 Å². The Kier molecular flexibility index (Phi) is 3.28. The fraction of sp³-hybridized carbons (Fsp3) is 0.0667. The summed E-state index contributed by atoms with van der Waals surface area (Å²) in [5, 5.41) is 4.00. The zero-order valence-electron chi connectivity index (χ0n) is 10.8. The normalized spacial score (nSPS) is 10.7. The van der Waals surface area contributed by atoms with Crippen molar-refractivity contribution in [1.82, 2.24) is 10.1 Å². The molecule has 20 heavy (non-hydrogen) atoms. The van der Waals surface area contributed by atoms with Crippen LogP contribution >= 0.6 is 15.9 Å². The SMILES string of the molecule is Cc1ccc(-c2nc(-c3cccc(N)c3)no2)cc1Br. The van der Waals surface area contributed by atoms with Crippen LogP contribution in [0.1, 0.15) is 5.56 Å². The number of anilines is 1. The maximum absolute atomic E-state index is 5.76. The largest absolute Gasteiger partial charge is 0.399 e. The van der Waals surface area contributed by atoms with Crippen molar-refractivity contribution < 1.29 is 4.52 Å². The monoisotopic (exact) mass is 329 g/mol. The van der Waals surface area contributed by atoms with Gasteiger partial charge in [-0.25, -0.2) is 0 Å². The Morgan fingerprint density at radius 3 is 2.70 bits per heavy atom. The van der Waals surface area contributed by atoms with Crippen LogP contribution in [0.25, 0.3) is 22.8 Å². The Morgan fingerprint density at radius 2 is 1.95 bits per heavy atom. The van der Waals surface area contributed by atoms with E-state index in [0.29, 0.717) is 17.4 Å². The van der Waals surface area contributed by atoms with Gasteiger partial charge in [0.05, 0.1) is 0 Å². The van der Waals surface area contributed by atoms with Gasteiger partial charge in [0.15, 0.2) is 0 Å². The molecule has 0 aliphatic carbocycles. The highest BCUT2D eigenvalue weighted by molar-refractivity contribution is 9.10. The van der Waals surface area contributed by atoms with Gasteiger partial charge in [0, 0.05) is 21.3 Å². The van der Waals surface area contributed by atoms with E-state index < -0.39 is 0 Å². The minimum Gasteiger partial charge on any atom is -0.399 e. The van der Waals surface area contributed by atoms with Gasteiger partial charge in [-0.15, -0.1) is 0 Å². The molecule has 0 saturated carbocycles. The fourth-order valence-electron chi connectivity index (χ4n) is 1.86. The third-order valence-electron chi connectivity index (χ3n) is 2.99. The summed E-state index contributed by atoms with van der Waals surface area (Å²) in [7, 11) is 0. The zero-order valence-corrected chi connectivity index (χ0v) is 12.4. The molecule has 0 radical (unpaired) electrons. The first kappa shape index (κ1) is 12.9. The maximum Gasteiger partial charge on any atom is 0.258 e. The summed E-state index contributed by atoms with van der Waals surface area (Å²) in [5.41, 5.74) is 9.31. The van der Waals surface area contributed by atoms with E-state index in [1.807, 2.05) is 49.4 Å². The van der Waals surface area contributed by atoms with Crippen LogP contribution in [0.2, 0.25) is 0 Å². The number of aromatic nitrogens is 2. The van der Waals surface area contributed by atoms with Crippen LogP contribution in [-0.2, 0) is 0 Å². The first-order valence-electron chi connectivity index (χ1n) is 6.09. The Labute approximate surface area is 124 Å². The number of nitrogen functional groups attached to an aromatic ring is 1. The number of nitrogens with zero attached hydrogens (tertiary/aromatic N) is 2. The molecule has 0 spiro atoms. The molecule has 100 valence electrons. The van der Waals surface area contributed by atoms with Gasteiger partial charge in [-0.05, 0) is 36.8 Å². The van der Waals surface area contributed by atoms with Gasteiger partial charge in [0.25, 0.3) is 5.89 Å². The maximum atomic E-state index is 5.76. The van der Waals surface area contributed by atoms with Gasteiger partial charge < -0.3 is 10.3 Å². The summed E-state index contributed by atoms with van der Waals surface area (Å²) >= 11 is 3.50. The predicted octanol–water partition coefficient (Wildman–Crippen LogP) is 4.06. The van der Waals surface area contributed by atoms with E-state index in [1.165, 1.54) is 0 Å². The summed E-state index contributed by atoms with van der Waals surface area (Å²) < 4.78 is 6.33. The second-order valence-corrected chi connectivity index (χ2v) is 5.37. The minimum absolute atomic E-state index is 0.489. The quantitative estimate of drug-likeness (QED) is 0.720. The van der Waals surface area contributed by atoms with Gasteiger partial charge >= 0.3 is 0 Å². The smallest absolute Gasteiger partial charge is 0.258 e. The standard InChI is InChI=1S/C15H12BrN3O/c1-9-5-6-11(8-13(9)16)15-18-14(19-20-15)10-3-2-4-12(17)7-10/h2-8H,17H2,1H3. The van der Waals surface area contributed by atoms with Gasteiger partial charge in [-0.1, -0.05) is 39.3 Å². The second kappa shape index (κ2) is 5.09. The molecule has 0 atom stereocenters. The van der Waals surface area contributed by atoms with E-state index in [1.54, 1.807) is 0 Å². The Hall–Kier alpha value is -2.14. The summed E-state index contributed by atoms with van der Waals surface area (Å²) in [5.74, 6) is 1.02. The minimum atomic E-state index is 0.489. The molecule has 3 rings (SSSR count). The number of benzene rings is 2. The van der Waals surface area contributed by atoms with Crippen LogP contribution in [0.3, 0.4) is 0 Å². The van der Waals surface area contributed by atoms with Crippen LogP contribution in [-0.4, -0.2) is 10.1 Å². The predicted molar refractivity (Wildman–Crippen MR) is 82.0 cm³/mol. The molecule has 3 aromatic rings. The molecule has 0 bridgehead atoms. The molecule has 5 heteroatoms. The van der Waals surface area contributed by atoms with Crippen molar-refractivity contribution in [2.75, 3.05) is 5.73 Å². The van der Waals surface area contributed by atoms with E-state index >= 15 is 0 Å². The van der Waals surface area contributed by atoms with E-state index in [0.717, 1.165) is 21.2 Å². The van der Waals surface area contributed by atoms with E-state index in [-0.39, 0.29) is 0 Å². The first-order valence-corrected chi connectivity index (χ1v) is 6.89. The van der Waals surface area contributed by atoms with Crippen LogP contribution in [0.15, 0.2) is 51.5 Å².